The van der Waals surface area contributed by atoms with Gasteiger partial charge < -0.3 is 25.0 Å². The lowest BCUT2D eigenvalue weighted by Gasteiger charge is -2.27. The quantitative estimate of drug-likeness (QED) is 0.186. The molecule has 0 saturated heterocycles. The van der Waals surface area contributed by atoms with E-state index in [1.807, 2.05) is 18.2 Å². The molecule has 0 aliphatic carbocycles. The second-order valence-corrected chi connectivity index (χ2v) is 9.59. The maximum absolute atomic E-state index is 13.0. The first kappa shape index (κ1) is 25.3. The van der Waals surface area contributed by atoms with Crippen LogP contribution in [0.15, 0.2) is 51.7 Å². The van der Waals surface area contributed by atoms with Crippen molar-refractivity contribution >= 4 is 35.8 Å². The van der Waals surface area contributed by atoms with Crippen molar-refractivity contribution < 1.29 is 28.4 Å². The van der Waals surface area contributed by atoms with Gasteiger partial charge in [0.05, 0.1) is 29.5 Å². The van der Waals surface area contributed by atoms with Crippen molar-refractivity contribution in [3.63, 3.8) is 0 Å². The van der Waals surface area contributed by atoms with Crippen molar-refractivity contribution in [1.82, 2.24) is 0 Å². The van der Waals surface area contributed by atoms with Crippen LogP contribution in [0.1, 0.15) is 43.7 Å². The summed E-state index contributed by atoms with van der Waals surface area (Å²) < 4.78 is 21.4. The number of unbranched alkanes of at least 4 members (excludes halogenated alkanes) is 2. The number of phosphoric ester groups is 1. The molecule has 0 saturated carbocycles. The maximum Gasteiger partial charge on any atom is 0.469 e. The highest BCUT2D eigenvalue weighted by molar-refractivity contribution is 7.46. The molecule has 178 valence electrons. The predicted molar refractivity (Wildman–Crippen MR) is 129 cm³/mol. The number of rotatable bonds is 11. The number of hydrogen-bond donors (Lipinski definition) is 4. The van der Waals surface area contributed by atoms with E-state index >= 15 is 0 Å². The Bertz CT molecular complexity index is 1250. The fourth-order valence-electron chi connectivity index (χ4n) is 3.52. The Morgan fingerprint density at radius 2 is 1.94 bits per heavy atom. The average Bonchev–Trinajstić information content (AvgIpc) is 2.79. The summed E-state index contributed by atoms with van der Waals surface area (Å²) in [5, 5.41) is 10.5. The fourth-order valence-corrected chi connectivity index (χ4v) is 3.95. The van der Waals surface area contributed by atoms with Crippen LogP contribution >= 0.6 is 7.82 Å². The van der Waals surface area contributed by atoms with E-state index in [2.05, 4.69) is 17.5 Å². The zero-order valence-corrected chi connectivity index (χ0v) is 19.5. The Hall–Kier alpha value is -2.32. The summed E-state index contributed by atoms with van der Waals surface area (Å²) in [7, 11) is -4.69. The minimum Gasteiger partial charge on any atom is -0.456 e. The van der Waals surface area contributed by atoms with Crippen molar-refractivity contribution in [2.24, 2.45) is 5.73 Å². The number of aliphatic hydroxyl groups is 1. The average molecular weight is 475 g/mol. The van der Waals surface area contributed by atoms with Gasteiger partial charge in [-0.2, -0.15) is 0 Å². The first-order valence-corrected chi connectivity index (χ1v) is 12.4. The minimum absolute atomic E-state index is 0.111. The van der Waals surface area contributed by atoms with Gasteiger partial charge in [0.25, 0.3) is 0 Å². The Morgan fingerprint density at radius 3 is 2.64 bits per heavy atom. The summed E-state index contributed by atoms with van der Waals surface area (Å²) in [5.41, 5.74) is 7.29. The van der Waals surface area contributed by atoms with E-state index in [9.17, 15) is 14.5 Å². The molecule has 0 spiro atoms. The van der Waals surface area contributed by atoms with Crippen LogP contribution in [-0.4, -0.2) is 33.6 Å². The van der Waals surface area contributed by atoms with Gasteiger partial charge in [-0.3, -0.25) is 9.32 Å². The molecule has 1 heterocycles. The van der Waals surface area contributed by atoms with Crippen LogP contribution < -0.4 is 11.2 Å². The van der Waals surface area contributed by atoms with Crippen molar-refractivity contribution in [2.75, 3.05) is 13.2 Å². The molecule has 0 bridgehead atoms. The van der Waals surface area contributed by atoms with Crippen molar-refractivity contribution in [3.8, 4) is 0 Å². The molecule has 0 amide bonds. The smallest absolute Gasteiger partial charge is 0.456 e. The van der Waals surface area contributed by atoms with Crippen LogP contribution in [0, 0.1) is 0 Å². The molecule has 1 aromatic heterocycles. The largest absolute Gasteiger partial charge is 0.469 e. The molecule has 0 fully saturated rings. The molecule has 0 aliphatic rings. The number of hydrogen-bond acceptors (Lipinski definition) is 6. The zero-order valence-electron chi connectivity index (χ0n) is 18.6. The zero-order chi connectivity index (χ0) is 24.1. The lowest BCUT2D eigenvalue weighted by molar-refractivity contribution is 0.102. The molecule has 0 aliphatic heterocycles. The third-order valence-corrected chi connectivity index (χ3v) is 6.01. The third-order valence-electron chi connectivity index (χ3n) is 5.54. The highest BCUT2D eigenvalue weighted by atomic mass is 31.2. The van der Waals surface area contributed by atoms with Gasteiger partial charge in [-0.25, -0.2) is 4.57 Å². The van der Waals surface area contributed by atoms with E-state index in [1.165, 1.54) is 0 Å². The first-order chi connectivity index (χ1) is 15.6. The van der Waals surface area contributed by atoms with Gasteiger partial charge in [0.1, 0.15) is 11.2 Å². The van der Waals surface area contributed by atoms with E-state index in [0.29, 0.717) is 28.4 Å². The molecular formula is C24H30NO7P. The van der Waals surface area contributed by atoms with Gasteiger partial charge in [-0.1, -0.05) is 44.1 Å². The number of aliphatic hydroxyl groups excluding tert-OH is 1. The summed E-state index contributed by atoms with van der Waals surface area (Å²) >= 11 is 0. The Kier molecular flexibility index (Phi) is 8.23. The van der Waals surface area contributed by atoms with E-state index in [-0.39, 0.29) is 11.8 Å². The Morgan fingerprint density at radius 1 is 1.15 bits per heavy atom. The summed E-state index contributed by atoms with van der Waals surface area (Å²) in [6.07, 6.45) is 7.97. The normalized spacial score (nSPS) is 14.3. The third kappa shape index (κ3) is 6.84. The highest BCUT2D eigenvalue weighted by Gasteiger charge is 2.28. The summed E-state index contributed by atoms with van der Waals surface area (Å²) in [5.74, 6) is 0. The first-order valence-electron chi connectivity index (χ1n) is 10.9. The molecule has 2 aromatic carbocycles. The van der Waals surface area contributed by atoms with Crippen LogP contribution in [0.2, 0.25) is 0 Å². The molecule has 33 heavy (non-hydrogen) atoms. The molecule has 8 nitrogen and oxygen atoms in total. The van der Waals surface area contributed by atoms with Crippen LogP contribution in [0.3, 0.4) is 0 Å². The standard InChI is InChI=1S/C24H30NO7P/c1-2-3-4-5-6-17-8-10-21-20(13-17)23(27)19-9-7-18(14-22(19)32-21)11-12-24(25,15-26)16-31-33(28,29)30/h5-10,13-14,26H,2-4,11-12,15-16,25H2,1H3,(H2,28,29,30). The molecule has 3 rings (SSSR count). The monoisotopic (exact) mass is 475 g/mol. The molecule has 3 aromatic rings. The minimum atomic E-state index is -4.69. The van der Waals surface area contributed by atoms with E-state index in [0.717, 1.165) is 30.4 Å². The van der Waals surface area contributed by atoms with Crippen LogP contribution in [0.4, 0.5) is 0 Å². The Labute approximate surface area is 191 Å². The van der Waals surface area contributed by atoms with E-state index < -0.39 is 26.6 Å². The number of benzene rings is 2. The molecular weight excluding hydrogens is 445 g/mol. The van der Waals surface area contributed by atoms with Gasteiger partial charge >= 0.3 is 7.82 Å². The van der Waals surface area contributed by atoms with Crippen LogP contribution in [0.25, 0.3) is 28.0 Å². The number of aryl methyl sites for hydroxylation is 1. The second-order valence-electron chi connectivity index (χ2n) is 8.35. The number of nitrogens with two attached hydrogens (primary N) is 1. The van der Waals surface area contributed by atoms with E-state index in [1.54, 1.807) is 24.3 Å². The van der Waals surface area contributed by atoms with Gasteiger partial charge in [0.15, 0.2) is 0 Å². The lowest BCUT2D eigenvalue weighted by atomic mass is 9.93. The molecule has 5 N–H and O–H groups in total. The summed E-state index contributed by atoms with van der Waals surface area (Å²) in [4.78, 5) is 30.8. The van der Waals surface area contributed by atoms with Gasteiger partial charge in [0, 0.05) is 0 Å². The summed E-state index contributed by atoms with van der Waals surface area (Å²) in [6, 6.07) is 10.8. The Balaban J connectivity index is 1.83. The molecule has 9 heteroatoms. The predicted octanol–water partition coefficient (Wildman–Crippen LogP) is 3.88. The fraction of sp³-hybridized carbons (Fsp3) is 0.375. The lowest BCUT2D eigenvalue weighted by Crippen LogP contribution is -2.48. The van der Waals surface area contributed by atoms with Crippen molar-refractivity contribution in [1.29, 1.82) is 0 Å². The van der Waals surface area contributed by atoms with E-state index in [4.69, 9.17) is 19.9 Å². The van der Waals surface area contributed by atoms with Crippen molar-refractivity contribution in [3.05, 3.63) is 63.8 Å². The van der Waals surface area contributed by atoms with Crippen LogP contribution in [0.5, 0.6) is 0 Å². The van der Waals surface area contributed by atoms with Gasteiger partial charge in [0.2, 0.25) is 5.43 Å². The molecule has 1 atom stereocenters. The number of fused-ring (bicyclic) bond motifs is 2. The number of phosphoric acid groups is 1. The number of allylic oxidation sites excluding steroid dienone is 1. The van der Waals surface area contributed by atoms with Gasteiger partial charge in [-0.15, -0.1) is 0 Å². The topological polar surface area (TPSA) is 143 Å². The molecule has 0 radical (unpaired) electrons. The molecule has 1 unspecified atom stereocenters. The van der Waals surface area contributed by atoms with Gasteiger partial charge in [-0.05, 0) is 54.7 Å². The SMILES string of the molecule is CCCCC=Cc1ccc2oc3cc(CCC(N)(CO)COP(=O)(O)O)ccc3c(=O)c2c1. The van der Waals surface area contributed by atoms with Crippen LogP contribution in [-0.2, 0) is 15.5 Å². The highest BCUT2D eigenvalue weighted by Crippen LogP contribution is 2.37. The maximum atomic E-state index is 13.0. The summed E-state index contributed by atoms with van der Waals surface area (Å²) in [6.45, 7) is 1.15. The van der Waals surface area contributed by atoms with Crippen molar-refractivity contribution in [2.45, 2.75) is 44.6 Å². The second kappa shape index (κ2) is 10.7.